The third-order valence-electron chi connectivity index (χ3n) is 1.47. The summed E-state index contributed by atoms with van der Waals surface area (Å²) in [5, 5.41) is 0. The number of benzene rings is 1. The summed E-state index contributed by atoms with van der Waals surface area (Å²) in [5.41, 5.74) is 1.38. The first kappa shape index (κ1) is 8.75. The van der Waals surface area contributed by atoms with Gasteiger partial charge in [0.2, 0.25) is 0 Å². The molecule has 0 amide bonds. The molecule has 0 fully saturated rings. The lowest BCUT2D eigenvalue weighted by Crippen LogP contribution is -3.04. The Morgan fingerprint density at radius 1 is 1.18 bits per heavy atom. The normalized spacial score (nSPS) is 10.5. The van der Waals surface area contributed by atoms with Crippen LogP contribution in [-0.2, 0) is 6.54 Å². The van der Waals surface area contributed by atoms with Crippen molar-refractivity contribution in [3.8, 4) is 0 Å². The van der Waals surface area contributed by atoms with E-state index in [4.69, 9.17) is 0 Å². The second kappa shape index (κ2) is 3.88. The summed E-state index contributed by atoms with van der Waals surface area (Å²) >= 11 is 3.40. The molecule has 1 aromatic rings. The maximum atomic E-state index is 3.40. The Morgan fingerprint density at radius 3 is 2.18 bits per heavy atom. The minimum atomic E-state index is 1.09. The van der Waals surface area contributed by atoms with E-state index in [1.165, 1.54) is 10.5 Å². The van der Waals surface area contributed by atoms with Crippen LogP contribution in [0.15, 0.2) is 28.7 Å². The van der Waals surface area contributed by atoms with Crippen molar-refractivity contribution in [3.05, 3.63) is 34.3 Å². The maximum absolute atomic E-state index is 3.40. The van der Waals surface area contributed by atoms with Crippen LogP contribution in [0.1, 0.15) is 5.56 Å². The van der Waals surface area contributed by atoms with Crippen molar-refractivity contribution in [2.75, 3.05) is 14.1 Å². The first-order chi connectivity index (χ1) is 5.18. The molecule has 0 aliphatic rings. The number of hydrogen-bond donors (Lipinski definition) is 1. The Bertz CT molecular complexity index is 216. The molecule has 0 aromatic heterocycles. The molecule has 2 heteroatoms. The van der Waals surface area contributed by atoms with Crippen LogP contribution in [0.2, 0.25) is 0 Å². The first-order valence-electron chi connectivity index (χ1n) is 3.72. The molecule has 0 bridgehead atoms. The summed E-state index contributed by atoms with van der Waals surface area (Å²) in [6.45, 7) is 1.09. The Balaban J connectivity index is 2.66. The molecule has 1 aromatic carbocycles. The van der Waals surface area contributed by atoms with Crippen LogP contribution in [0.4, 0.5) is 0 Å². The highest BCUT2D eigenvalue weighted by molar-refractivity contribution is 9.10. The third-order valence-corrected chi connectivity index (χ3v) is 2.00. The summed E-state index contributed by atoms with van der Waals surface area (Å²) in [6.07, 6.45) is 0. The molecule has 0 aliphatic carbocycles. The van der Waals surface area contributed by atoms with Crippen LogP contribution >= 0.6 is 15.9 Å². The van der Waals surface area contributed by atoms with E-state index in [1.54, 1.807) is 0 Å². The molecule has 0 saturated carbocycles. The Labute approximate surface area is 76.2 Å². The Hall–Kier alpha value is -0.340. The monoisotopic (exact) mass is 214 g/mol. The van der Waals surface area contributed by atoms with Crippen molar-refractivity contribution in [1.29, 1.82) is 0 Å². The number of quaternary nitrogens is 1. The van der Waals surface area contributed by atoms with Crippen molar-refractivity contribution in [2.45, 2.75) is 6.54 Å². The maximum Gasteiger partial charge on any atom is 0.102 e. The molecule has 0 aliphatic heterocycles. The average molecular weight is 215 g/mol. The molecule has 60 valence electrons. The van der Waals surface area contributed by atoms with Crippen molar-refractivity contribution >= 4 is 15.9 Å². The number of halogens is 1. The second-order valence-electron chi connectivity index (χ2n) is 3.01. The van der Waals surface area contributed by atoms with Gasteiger partial charge in [-0.25, -0.2) is 0 Å². The highest BCUT2D eigenvalue weighted by Crippen LogP contribution is 2.09. The van der Waals surface area contributed by atoms with Gasteiger partial charge in [-0.15, -0.1) is 0 Å². The van der Waals surface area contributed by atoms with Crippen molar-refractivity contribution in [2.24, 2.45) is 0 Å². The summed E-state index contributed by atoms with van der Waals surface area (Å²) in [7, 11) is 4.31. The fourth-order valence-electron chi connectivity index (χ4n) is 1.01. The molecule has 1 N–H and O–H groups in total. The van der Waals surface area contributed by atoms with Crippen molar-refractivity contribution in [3.63, 3.8) is 0 Å². The topological polar surface area (TPSA) is 4.44 Å². The molecule has 0 unspecified atom stereocenters. The average Bonchev–Trinajstić information content (AvgIpc) is 1.93. The number of nitrogens with one attached hydrogen (secondary N) is 1. The van der Waals surface area contributed by atoms with Gasteiger partial charge in [0.15, 0.2) is 0 Å². The smallest absolute Gasteiger partial charge is 0.102 e. The van der Waals surface area contributed by atoms with Crippen LogP contribution in [0.3, 0.4) is 0 Å². The van der Waals surface area contributed by atoms with E-state index >= 15 is 0 Å². The van der Waals surface area contributed by atoms with Crippen LogP contribution in [0, 0.1) is 0 Å². The predicted octanol–water partition coefficient (Wildman–Crippen LogP) is 1.09. The van der Waals surface area contributed by atoms with Gasteiger partial charge in [-0.3, -0.25) is 0 Å². The zero-order valence-corrected chi connectivity index (χ0v) is 8.48. The van der Waals surface area contributed by atoms with E-state index in [0.29, 0.717) is 0 Å². The van der Waals surface area contributed by atoms with Crippen LogP contribution < -0.4 is 4.90 Å². The predicted molar refractivity (Wildman–Crippen MR) is 50.7 cm³/mol. The van der Waals surface area contributed by atoms with Gasteiger partial charge >= 0.3 is 0 Å². The summed E-state index contributed by atoms with van der Waals surface area (Å²) in [5.74, 6) is 0. The van der Waals surface area contributed by atoms with Gasteiger partial charge in [-0.05, 0) is 12.1 Å². The zero-order valence-electron chi connectivity index (χ0n) is 6.89. The molecule has 1 rings (SSSR count). The molecule has 0 saturated heterocycles. The molecule has 0 atom stereocenters. The lowest BCUT2D eigenvalue weighted by molar-refractivity contribution is -0.872. The number of rotatable bonds is 2. The molecule has 11 heavy (non-hydrogen) atoms. The number of hydrogen-bond acceptors (Lipinski definition) is 0. The van der Waals surface area contributed by atoms with Crippen molar-refractivity contribution in [1.82, 2.24) is 0 Å². The van der Waals surface area contributed by atoms with Gasteiger partial charge in [-0.1, -0.05) is 28.1 Å². The fraction of sp³-hybridized carbons (Fsp3) is 0.333. The van der Waals surface area contributed by atoms with E-state index in [-0.39, 0.29) is 0 Å². The minimum Gasteiger partial charge on any atom is -0.336 e. The molecular formula is C9H13BrN+. The zero-order chi connectivity index (χ0) is 8.27. The SMILES string of the molecule is C[NH+](C)Cc1ccc(Br)cc1. The first-order valence-corrected chi connectivity index (χ1v) is 4.51. The molecule has 1 nitrogen and oxygen atoms in total. The third kappa shape index (κ3) is 3.04. The van der Waals surface area contributed by atoms with Crippen molar-refractivity contribution < 1.29 is 4.90 Å². The minimum absolute atomic E-state index is 1.09. The van der Waals surface area contributed by atoms with Gasteiger partial charge in [0.05, 0.1) is 14.1 Å². The van der Waals surface area contributed by atoms with Crippen LogP contribution in [-0.4, -0.2) is 14.1 Å². The highest BCUT2D eigenvalue weighted by atomic mass is 79.9. The summed E-state index contributed by atoms with van der Waals surface area (Å²) < 4.78 is 1.15. The van der Waals surface area contributed by atoms with E-state index in [2.05, 4.69) is 54.3 Å². The van der Waals surface area contributed by atoms with E-state index < -0.39 is 0 Å². The standard InChI is InChI=1S/C9H12BrN/c1-11(2)7-8-3-5-9(10)6-4-8/h3-6H,7H2,1-2H3/p+1. The summed E-state index contributed by atoms with van der Waals surface area (Å²) in [4.78, 5) is 1.45. The van der Waals surface area contributed by atoms with Gasteiger partial charge in [0, 0.05) is 10.0 Å². The fourth-order valence-corrected chi connectivity index (χ4v) is 1.27. The van der Waals surface area contributed by atoms with E-state index in [1.807, 2.05) is 0 Å². The highest BCUT2D eigenvalue weighted by Gasteiger charge is 1.96. The largest absolute Gasteiger partial charge is 0.336 e. The lowest BCUT2D eigenvalue weighted by atomic mass is 10.2. The molecular weight excluding hydrogens is 202 g/mol. The van der Waals surface area contributed by atoms with Gasteiger partial charge < -0.3 is 4.90 Å². The van der Waals surface area contributed by atoms with Gasteiger partial charge in [-0.2, -0.15) is 0 Å². The van der Waals surface area contributed by atoms with E-state index in [9.17, 15) is 0 Å². The Morgan fingerprint density at radius 2 is 1.73 bits per heavy atom. The van der Waals surface area contributed by atoms with Gasteiger partial charge in [0.1, 0.15) is 6.54 Å². The molecule has 0 radical (unpaired) electrons. The van der Waals surface area contributed by atoms with E-state index in [0.717, 1.165) is 11.0 Å². The lowest BCUT2D eigenvalue weighted by Gasteiger charge is -2.06. The van der Waals surface area contributed by atoms with Gasteiger partial charge in [0.25, 0.3) is 0 Å². The van der Waals surface area contributed by atoms with Crippen LogP contribution in [0.5, 0.6) is 0 Å². The molecule has 0 spiro atoms. The Kier molecular flexibility index (Phi) is 3.09. The molecule has 0 heterocycles. The quantitative estimate of drug-likeness (QED) is 0.753. The summed E-state index contributed by atoms with van der Waals surface area (Å²) in [6, 6.07) is 8.46. The second-order valence-corrected chi connectivity index (χ2v) is 3.93. The van der Waals surface area contributed by atoms with Crippen LogP contribution in [0.25, 0.3) is 0 Å².